The van der Waals surface area contributed by atoms with Crippen molar-refractivity contribution in [2.75, 3.05) is 6.54 Å². The van der Waals surface area contributed by atoms with E-state index in [1.54, 1.807) is 24.3 Å². The molecule has 8 heteroatoms. The van der Waals surface area contributed by atoms with Crippen LogP contribution in [0.5, 0.6) is 11.5 Å². The zero-order valence-corrected chi connectivity index (χ0v) is 16.0. The molecular weight excluding hydrogens is 374 g/mol. The van der Waals surface area contributed by atoms with Crippen LogP contribution in [0.3, 0.4) is 0 Å². The van der Waals surface area contributed by atoms with Crippen LogP contribution >= 0.6 is 0 Å². The number of benzene rings is 2. The molecule has 0 aliphatic rings. The number of hydrogen-bond donors (Lipinski definition) is 1. The van der Waals surface area contributed by atoms with Crippen LogP contribution in [-0.2, 0) is 22.6 Å². The van der Waals surface area contributed by atoms with Crippen molar-refractivity contribution in [2.24, 2.45) is 0 Å². The predicted molar refractivity (Wildman–Crippen MR) is 103 cm³/mol. The van der Waals surface area contributed by atoms with Gasteiger partial charge in [0, 0.05) is 12.0 Å². The number of nitrogens with zero attached hydrogens (tertiary/aromatic N) is 2. The van der Waals surface area contributed by atoms with Gasteiger partial charge in [0.25, 0.3) is 11.8 Å². The molecule has 0 unspecified atom stereocenters. The standard InChI is InChI=1S/C21H21N3O5/c1-2-6-18-23-19(29-24-18)14-27-20(25)13-22-21(26)15-9-11-17(12-10-15)28-16-7-4-3-5-8-16/h3-5,7-12H,2,6,13-14H2,1H3,(H,22,26). The number of rotatable bonds is 9. The molecule has 0 saturated heterocycles. The summed E-state index contributed by atoms with van der Waals surface area (Å²) < 4.78 is 15.7. The van der Waals surface area contributed by atoms with Gasteiger partial charge in [-0.05, 0) is 42.8 Å². The highest BCUT2D eigenvalue weighted by Gasteiger charge is 2.12. The first-order valence-electron chi connectivity index (χ1n) is 9.22. The lowest BCUT2D eigenvalue weighted by Gasteiger charge is -2.07. The lowest BCUT2D eigenvalue weighted by molar-refractivity contribution is -0.144. The number of nitrogens with one attached hydrogen (secondary N) is 1. The summed E-state index contributed by atoms with van der Waals surface area (Å²) in [4.78, 5) is 28.1. The van der Waals surface area contributed by atoms with E-state index in [0.29, 0.717) is 29.3 Å². The largest absolute Gasteiger partial charge is 0.457 e. The van der Waals surface area contributed by atoms with E-state index < -0.39 is 11.9 Å². The minimum absolute atomic E-state index is 0.128. The van der Waals surface area contributed by atoms with Gasteiger partial charge in [-0.25, -0.2) is 0 Å². The maximum Gasteiger partial charge on any atom is 0.325 e. The topological polar surface area (TPSA) is 104 Å². The Morgan fingerprint density at radius 2 is 1.76 bits per heavy atom. The Bertz CT molecular complexity index is 938. The Morgan fingerprint density at radius 1 is 1.03 bits per heavy atom. The average Bonchev–Trinajstić information content (AvgIpc) is 3.19. The van der Waals surface area contributed by atoms with Crippen molar-refractivity contribution in [3.8, 4) is 11.5 Å². The maximum absolute atomic E-state index is 12.2. The van der Waals surface area contributed by atoms with Crippen LogP contribution in [0.2, 0.25) is 0 Å². The van der Waals surface area contributed by atoms with Crippen LogP contribution in [-0.4, -0.2) is 28.6 Å². The van der Waals surface area contributed by atoms with E-state index in [1.165, 1.54) is 0 Å². The molecule has 0 spiro atoms. The molecule has 1 heterocycles. The summed E-state index contributed by atoms with van der Waals surface area (Å²) in [5.41, 5.74) is 0.402. The molecule has 1 aromatic heterocycles. The Kier molecular flexibility index (Phi) is 6.94. The molecule has 0 radical (unpaired) electrons. The third-order valence-electron chi connectivity index (χ3n) is 3.83. The number of hydrogen-bond acceptors (Lipinski definition) is 7. The summed E-state index contributed by atoms with van der Waals surface area (Å²) in [6.07, 6.45) is 1.59. The second kappa shape index (κ2) is 10.0. The van der Waals surface area contributed by atoms with Crippen LogP contribution < -0.4 is 10.1 Å². The fourth-order valence-electron chi connectivity index (χ4n) is 2.42. The van der Waals surface area contributed by atoms with Gasteiger partial charge in [0.15, 0.2) is 12.4 Å². The third kappa shape index (κ3) is 6.17. The van der Waals surface area contributed by atoms with Gasteiger partial charge in [-0.1, -0.05) is 30.3 Å². The quantitative estimate of drug-likeness (QED) is 0.555. The highest BCUT2D eigenvalue weighted by molar-refractivity contribution is 5.96. The molecule has 29 heavy (non-hydrogen) atoms. The van der Waals surface area contributed by atoms with Crippen molar-refractivity contribution in [2.45, 2.75) is 26.4 Å². The number of carbonyl (C=O) groups excluding carboxylic acids is 2. The molecular formula is C21H21N3O5. The summed E-state index contributed by atoms with van der Waals surface area (Å²) in [7, 11) is 0. The summed E-state index contributed by atoms with van der Waals surface area (Å²) in [6.45, 7) is 1.61. The second-order valence-electron chi connectivity index (χ2n) is 6.14. The molecule has 3 rings (SSSR count). The first-order valence-corrected chi connectivity index (χ1v) is 9.22. The summed E-state index contributed by atoms with van der Waals surface area (Å²) in [6, 6.07) is 15.9. The van der Waals surface area contributed by atoms with E-state index in [0.717, 1.165) is 6.42 Å². The molecule has 0 aliphatic heterocycles. The van der Waals surface area contributed by atoms with Crippen LogP contribution in [0, 0.1) is 0 Å². The van der Waals surface area contributed by atoms with Crippen LogP contribution in [0.25, 0.3) is 0 Å². The Morgan fingerprint density at radius 3 is 2.48 bits per heavy atom. The average molecular weight is 395 g/mol. The van der Waals surface area contributed by atoms with Crippen molar-refractivity contribution in [3.63, 3.8) is 0 Å². The predicted octanol–water partition coefficient (Wildman–Crippen LogP) is 3.29. The summed E-state index contributed by atoms with van der Waals surface area (Å²) in [5.74, 6) is 1.12. The van der Waals surface area contributed by atoms with Crippen LogP contribution in [0.15, 0.2) is 59.1 Å². The molecule has 2 aromatic carbocycles. The number of carbonyl (C=O) groups is 2. The van der Waals surface area contributed by atoms with Crippen LogP contribution in [0.4, 0.5) is 0 Å². The normalized spacial score (nSPS) is 10.4. The molecule has 0 fully saturated rings. The number of para-hydroxylation sites is 1. The molecule has 3 aromatic rings. The monoisotopic (exact) mass is 395 g/mol. The Labute approximate surface area is 167 Å². The van der Waals surface area contributed by atoms with E-state index in [-0.39, 0.29) is 19.0 Å². The van der Waals surface area contributed by atoms with Crippen LogP contribution in [0.1, 0.15) is 35.4 Å². The number of ether oxygens (including phenoxy) is 2. The van der Waals surface area contributed by atoms with Gasteiger partial charge < -0.3 is 19.3 Å². The van der Waals surface area contributed by atoms with E-state index in [9.17, 15) is 9.59 Å². The fraction of sp³-hybridized carbons (Fsp3) is 0.238. The zero-order valence-electron chi connectivity index (χ0n) is 16.0. The van der Waals surface area contributed by atoms with E-state index >= 15 is 0 Å². The SMILES string of the molecule is CCCc1noc(COC(=O)CNC(=O)c2ccc(Oc3ccccc3)cc2)n1. The van der Waals surface area contributed by atoms with E-state index in [2.05, 4.69) is 15.5 Å². The molecule has 0 saturated carbocycles. The lowest BCUT2D eigenvalue weighted by atomic mass is 10.2. The first kappa shape index (κ1) is 20.1. The lowest BCUT2D eigenvalue weighted by Crippen LogP contribution is -2.30. The van der Waals surface area contributed by atoms with Gasteiger partial charge in [-0.15, -0.1) is 0 Å². The van der Waals surface area contributed by atoms with E-state index in [1.807, 2.05) is 37.3 Å². The van der Waals surface area contributed by atoms with Crippen molar-refractivity contribution < 1.29 is 23.6 Å². The number of amides is 1. The van der Waals surface area contributed by atoms with Gasteiger partial charge in [-0.3, -0.25) is 9.59 Å². The smallest absolute Gasteiger partial charge is 0.325 e. The maximum atomic E-state index is 12.2. The molecule has 0 aliphatic carbocycles. The highest BCUT2D eigenvalue weighted by Crippen LogP contribution is 2.21. The highest BCUT2D eigenvalue weighted by atomic mass is 16.6. The number of aryl methyl sites for hydroxylation is 1. The third-order valence-corrected chi connectivity index (χ3v) is 3.83. The summed E-state index contributed by atoms with van der Waals surface area (Å²) in [5, 5.41) is 6.28. The van der Waals surface area contributed by atoms with Crippen molar-refractivity contribution in [1.29, 1.82) is 0 Å². The van der Waals surface area contributed by atoms with Gasteiger partial charge in [0.1, 0.15) is 18.0 Å². The Hall–Kier alpha value is -3.68. The minimum atomic E-state index is -0.599. The number of esters is 1. The number of aromatic nitrogens is 2. The molecule has 150 valence electrons. The van der Waals surface area contributed by atoms with Crippen molar-refractivity contribution >= 4 is 11.9 Å². The minimum Gasteiger partial charge on any atom is -0.457 e. The van der Waals surface area contributed by atoms with Crippen molar-refractivity contribution in [1.82, 2.24) is 15.5 Å². The second-order valence-corrected chi connectivity index (χ2v) is 6.14. The van der Waals surface area contributed by atoms with E-state index in [4.69, 9.17) is 14.0 Å². The molecule has 1 amide bonds. The molecule has 0 bridgehead atoms. The van der Waals surface area contributed by atoms with Gasteiger partial charge in [0.2, 0.25) is 0 Å². The zero-order chi connectivity index (χ0) is 20.5. The molecule has 8 nitrogen and oxygen atoms in total. The Balaban J connectivity index is 1.42. The first-order chi connectivity index (χ1) is 14.1. The molecule has 1 N–H and O–H groups in total. The van der Waals surface area contributed by atoms with Crippen molar-refractivity contribution in [3.05, 3.63) is 71.9 Å². The van der Waals surface area contributed by atoms with Gasteiger partial charge in [0.05, 0.1) is 0 Å². The fourth-order valence-corrected chi connectivity index (χ4v) is 2.42. The molecule has 0 atom stereocenters. The van der Waals surface area contributed by atoms with Gasteiger partial charge in [-0.2, -0.15) is 4.98 Å². The van der Waals surface area contributed by atoms with Gasteiger partial charge >= 0.3 is 5.97 Å². The summed E-state index contributed by atoms with van der Waals surface area (Å²) >= 11 is 0.